The Balaban J connectivity index is 2.30. The maximum atomic E-state index is 12.0. The quantitative estimate of drug-likeness (QED) is 0.780. The molecule has 1 heterocycles. The Labute approximate surface area is 144 Å². The zero-order valence-electron chi connectivity index (χ0n) is 15.4. The summed E-state index contributed by atoms with van der Waals surface area (Å²) >= 11 is 0. The van der Waals surface area contributed by atoms with Gasteiger partial charge in [0.05, 0.1) is 6.54 Å². The molecule has 5 nitrogen and oxygen atoms in total. The molecule has 0 spiro atoms. The van der Waals surface area contributed by atoms with E-state index in [9.17, 15) is 9.59 Å². The molecule has 0 aromatic heterocycles. The molecule has 0 saturated carbocycles. The predicted molar refractivity (Wildman–Crippen MR) is 94.0 cm³/mol. The molecule has 0 unspecified atom stereocenters. The molecule has 2 amide bonds. The highest BCUT2D eigenvalue weighted by Gasteiger charge is 2.30. The van der Waals surface area contributed by atoms with Gasteiger partial charge in [0, 0.05) is 24.9 Å². The summed E-state index contributed by atoms with van der Waals surface area (Å²) in [6.07, 6.45) is 0.622. The second-order valence-electron chi connectivity index (χ2n) is 7.09. The van der Waals surface area contributed by atoms with Gasteiger partial charge < -0.3 is 10.1 Å². The van der Waals surface area contributed by atoms with Crippen LogP contribution < -0.4 is 10.1 Å². The number of imide groups is 1. The lowest BCUT2D eigenvalue weighted by molar-refractivity contribution is -0.139. The van der Waals surface area contributed by atoms with Crippen LogP contribution in [-0.2, 0) is 16.1 Å². The average molecular weight is 332 g/mol. The fraction of sp³-hybridized carbons (Fsp3) is 0.579. The highest BCUT2D eigenvalue weighted by atomic mass is 16.5. The molecule has 0 atom stereocenters. The zero-order valence-corrected chi connectivity index (χ0v) is 15.4. The molecule has 5 heteroatoms. The monoisotopic (exact) mass is 332 g/mol. The van der Waals surface area contributed by atoms with Gasteiger partial charge in [0.25, 0.3) is 0 Å². The summed E-state index contributed by atoms with van der Waals surface area (Å²) in [6, 6.07) is 4.07. The largest absolute Gasteiger partial charge is 0.486 e. The molecule has 1 saturated heterocycles. The number of carbonyl (C=O) groups excluding carboxylic acids is 2. The molecule has 2 rings (SSSR count). The van der Waals surface area contributed by atoms with Gasteiger partial charge in [-0.25, -0.2) is 0 Å². The Bertz CT molecular complexity index is 622. The predicted octanol–water partition coefficient (Wildman–Crippen LogP) is 2.72. The lowest BCUT2D eigenvalue weighted by Gasteiger charge is -2.30. The average Bonchev–Trinajstić information content (AvgIpc) is 2.80. The number of nitrogens with zero attached hydrogens (tertiary/aromatic N) is 1. The van der Waals surface area contributed by atoms with Crippen molar-refractivity contribution in [3.05, 3.63) is 28.8 Å². The third-order valence-electron chi connectivity index (χ3n) is 4.16. The van der Waals surface area contributed by atoms with Gasteiger partial charge in [0.1, 0.15) is 11.4 Å². The summed E-state index contributed by atoms with van der Waals surface area (Å²) in [5.74, 6) is 0.574. The number of aryl methyl sites for hydroxylation is 2. The van der Waals surface area contributed by atoms with Gasteiger partial charge in [0.15, 0.2) is 0 Å². The zero-order chi connectivity index (χ0) is 17.9. The van der Waals surface area contributed by atoms with Crippen molar-refractivity contribution in [3.63, 3.8) is 0 Å². The molecule has 132 valence electrons. The number of nitrogens with one attached hydrogen (secondary N) is 1. The van der Waals surface area contributed by atoms with Gasteiger partial charge in [0.2, 0.25) is 11.8 Å². The molecule has 1 aromatic carbocycles. The van der Waals surface area contributed by atoms with E-state index < -0.39 is 0 Å². The Hall–Kier alpha value is -1.88. The minimum absolute atomic E-state index is 0.1000. The van der Waals surface area contributed by atoms with Gasteiger partial charge in [-0.15, -0.1) is 0 Å². The molecule has 1 fully saturated rings. The highest BCUT2D eigenvalue weighted by Crippen LogP contribution is 2.31. The summed E-state index contributed by atoms with van der Waals surface area (Å²) in [7, 11) is 0. The van der Waals surface area contributed by atoms with Crippen LogP contribution in [0.5, 0.6) is 5.75 Å². The Kier molecular flexibility index (Phi) is 5.65. The smallest absolute Gasteiger partial charge is 0.230 e. The SMILES string of the molecule is CCNCC(C)(C)Oc1c(C)cc(C)cc1CN1C(=O)CCC1=O. The number of likely N-dealkylation sites (N-methyl/N-ethyl adjacent to an activating group) is 1. The first-order chi connectivity index (χ1) is 11.2. The molecular weight excluding hydrogens is 304 g/mol. The summed E-state index contributed by atoms with van der Waals surface area (Å²) in [5, 5.41) is 3.30. The van der Waals surface area contributed by atoms with Crippen molar-refractivity contribution < 1.29 is 14.3 Å². The van der Waals surface area contributed by atoms with E-state index in [0.717, 1.165) is 35.5 Å². The number of ether oxygens (including phenoxy) is 1. The van der Waals surface area contributed by atoms with E-state index in [1.54, 1.807) is 0 Å². The van der Waals surface area contributed by atoms with Gasteiger partial charge in [-0.2, -0.15) is 0 Å². The van der Waals surface area contributed by atoms with Gasteiger partial charge >= 0.3 is 0 Å². The molecule has 1 aliphatic heterocycles. The maximum absolute atomic E-state index is 12.0. The van der Waals surface area contributed by atoms with Crippen molar-refractivity contribution >= 4 is 11.8 Å². The van der Waals surface area contributed by atoms with Crippen LogP contribution in [0, 0.1) is 13.8 Å². The number of amides is 2. The summed E-state index contributed by atoms with van der Waals surface area (Å²) in [4.78, 5) is 25.2. The maximum Gasteiger partial charge on any atom is 0.230 e. The van der Waals surface area contributed by atoms with Crippen molar-refractivity contribution in [2.75, 3.05) is 13.1 Å². The Morgan fingerprint density at radius 3 is 2.38 bits per heavy atom. The van der Waals surface area contributed by atoms with Crippen LogP contribution in [0.4, 0.5) is 0 Å². The first-order valence-corrected chi connectivity index (χ1v) is 8.56. The summed E-state index contributed by atoms with van der Waals surface area (Å²) in [6.45, 7) is 12.0. The van der Waals surface area contributed by atoms with Gasteiger partial charge in [-0.05, 0) is 39.8 Å². The molecule has 1 N–H and O–H groups in total. The minimum atomic E-state index is -0.385. The highest BCUT2D eigenvalue weighted by molar-refractivity contribution is 6.01. The van der Waals surface area contributed by atoms with Crippen molar-refractivity contribution in [2.24, 2.45) is 0 Å². The summed E-state index contributed by atoms with van der Waals surface area (Å²) < 4.78 is 6.29. The molecule has 24 heavy (non-hydrogen) atoms. The lowest BCUT2D eigenvalue weighted by Crippen LogP contribution is -2.40. The van der Waals surface area contributed by atoms with Crippen LogP contribution in [0.2, 0.25) is 0 Å². The first-order valence-electron chi connectivity index (χ1n) is 8.56. The van der Waals surface area contributed by atoms with Crippen LogP contribution in [0.25, 0.3) is 0 Å². The number of rotatable bonds is 7. The third-order valence-corrected chi connectivity index (χ3v) is 4.16. The van der Waals surface area contributed by atoms with E-state index in [1.165, 1.54) is 4.90 Å². The van der Waals surface area contributed by atoms with Crippen LogP contribution in [0.3, 0.4) is 0 Å². The van der Waals surface area contributed by atoms with E-state index in [1.807, 2.05) is 33.8 Å². The van der Waals surface area contributed by atoms with E-state index in [-0.39, 0.29) is 24.0 Å². The van der Waals surface area contributed by atoms with Crippen LogP contribution >= 0.6 is 0 Å². The van der Waals surface area contributed by atoms with E-state index in [2.05, 4.69) is 18.3 Å². The number of hydrogen-bond donors (Lipinski definition) is 1. The molecular formula is C19H28N2O3. The normalized spacial score (nSPS) is 15.3. The van der Waals surface area contributed by atoms with Gasteiger partial charge in [-0.3, -0.25) is 14.5 Å². The van der Waals surface area contributed by atoms with Crippen molar-refractivity contribution in [1.29, 1.82) is 0 Å². The summed E-state index contributed by atoms with van der Waals surface area (Å²) in [5.41, 5.74) is 2.62. The minimum Gasteiger partial charge on any atom is -0.486 e. The molecule has 1 aromatic rings. The molecule has 0 bridgehead atoms. The second-order valence-corrected chi connectivity index (χ2v) is 7.09. The first kappa shape index (κ1) is 18.5. The Morgan fingerprint density at radius 2 is 1.79 bits per heavy atom. The third kappa shape index (κ3) is 4.35. The van der Waals surface area contributed by atoms with Gasteiger partial charge in [-0.1, -0.05) is 24.6 Å². The molecule has 1 aliphatic rings. The number of carbonyl (C=O) groups is 2. The molecule has 0 aliphatic carbocycles. The topological polar surface area (TPSA) is 58.6 Å². The van der Waals surface area contributed by atoms with Crippen LogP contribution in [0.15, 0.2) is 12.1 Å². The van der Waals surface area contributed by atoms with E-state index in [4.69, 9.17) is 4.74 Å². The Morgan fingerprint density at radius 1 is 1.17 bits per heavy atom. The fourth-order valence-corrected chi connectivity index (χ4v) is 3.01. The number of benzene rings is 1. The van der Waals surface area contributed by atoms with Crippen molar-refractivity contribution in [1.82, 2.24) is 10.2 Å². The van der Waals surface area contributed by atoms with E-state index in [0.29, 0.717) is 12.8 Å². The van der Waals surface area contributed by atoms with Crippen molar-refractivity contribution in [3.8, 4) is 5.75 Å². The van der Waals surface area contributed by atoms with Crippen LogP contribution in [0.1, 0.15) is 50.3 Å². The number of hydrogen-bond acceptors (Lipinski definition) is 4. The lowest BCUT2D eigenvalue weighted by atomic mass is 10.0. The fourth-order valence-electron chi connectivity index (χ4n) is 3.01. The number of likely N-dealkylation sites (tertiary alicyclic amines) is 1. The molecule has 0 radical (unpaired) electrons. The van der Waals surface area contributed by atoms with E-state index >= 15 is 0 Å². The van der Waals surface area contributed by atoms with Crippen molar-refractivity contribution in [2.45, 2.75) is 59.6 Å². The van der Waals surface area contributed by atoms with Crippen LogP contribution in [-0.4, -0.2) is 35.4 Å². The second kappa shape index (κ2) is 7.34. The standard InChI is InChI=1S/C19H28N2O3/c1-6-20-12-19(4,5)24-18-14(3)9-13(2)10-15(18)11-21-16(22)7-8-17(21)23/h9-10,20H,6-8,11-12H2,1-5H3.